The highest BCUT2D eigenvalue weighted by molar-refractivity contribution is 9.10. The molecule has 1 aliphatic heterocycles. The number of nitrogens with zero attached hydrogens (tertiary/aromatic N) is 2. The molecule has 0 spiro atoms. The van der Waals surface area contributed by atoms with Crippen molar-refractivity contribution < 1.29 is 18.7 Å². The summed E-state index contributed by atoms with van der Waals surface area (Å²) in [7, 11) is 3.25. The lowest BCUT2D eigenvalue weighted by atomic mass is 9.98. The van der Waals surface area contributed by atoms with Gasteiger partial charge in [-0.2, -0.15) is 5.10 Å². The summed E-state index contributed by atoms with van der Waals surface area (Å²) in [4.78, 5) is 13.1. The number of benzene rings is 2. The van der Waals surface area contributed by atoms with E-state index in [1.165, 1.54) is 5.01 Å². The van der Waals surface area contributed by atoms with Gasteiger partial charge in [0.05, 0.1) is 26.0 Å². The van der Waals surface area contributed by atoms with Crippen molar-refractivity contribution in [2.24, 2.45) is 5.10 Å². The van der Waals surface area contributed by atoms with E-state index in [-0.39, 0.29) is 17.7 Å². The van der Waals surface area contributed by atoms with Crippen LogP contribution in [0, 0.1) is 0 Å². The number of carbonyl (C=O) groups excluding carboxylic acids is 1. The molecule has 0 bridgehead atoms. The molecule has 0 N–H and O–H groups in total. The van der Waals surface area contributed by atoms with Gasteiger partial charge in [-0.25, -0.2) is 5.01 Å². The second-order valence-corrected chi connectivity index (χ2v) is 7.31. The van der Waals surface area contributed by atoms with Crippen LogP contribution in [0.1, 0.15) is 34.1 Å². The Hall–Kier alpha value is -3.06. The quantitative estimate of drug-likeness (QED) is 0.540. The predicted molar refractivity (Wildman–Crippen MR) is 112 cm³/mol. The van der Waals surface area contributed by atoms with Gasteiger partial charge in [-0.1, -0.05) is 12.1 Å². The van der Waals surface area contributed by atoms with Gasteiger partial charge in [-0.05, 0) is 75.6 Å². The smallest absolute Gasteiger partial charge is 0.310 e. The van der Waals surface area contributed by atoms with E-state index in [2.05, 4.69) is 21.0 Å². The summed E-state index contributed by atoms with van der Waals surface area (Å²) in [6.07, 6.45) is 0.577. The molecule has 3 aromatic rings. The predicted octanol–water partition coefficient (Wildman–Crippen LogP) is 5.05. The SMILES string of the molecule is COc1ccc(C2=NN(C(=O)c3ccc(Br)o3)C(c3cccc(OC)c3)C2)cc1. The lowest BCUT2D eigenvalue weighted by Crippen LogP contribution is -2.26. The lowest BCUT2D eigenvalue weighted by Gasteiger charge is -2.21. The number of hydrogen-bond donors (Lipinski definition) is 0. The molecule has 1 atom stereocenters. The summed E-state index contributed by atoms with van der Waals surface area (Å²) < 4.78 is 16.6. The van der Waals surface area contributed by atoms with Crippen LogP contribution in [0.4, 0.5) is 0 Å². The van der Waals surface area contributed by atoms with Gasteiger partial charge in [0.25, 0.3) is 0 Å². The van der Waals surface area contributed by atoms with Crippen molar-refractivity contribution in [2.75, 3.05) is 14.2 Å². The summed E-state index contributed by atoms with van der Waals surface area (Å²) >= 11 is 3.25. The molecule has 1 amide bonds. The maximum absolute atomic E-state index is 13.1. The summed E-state index contributed by atoms with van der Waals surface area (Å²) in [5.74, 6) is 1.43. The summed E-state index contributed by atoms with van der Waals surface area (Å²) in [5, 5.41) is 6.14. The van der Waals surface area contributed by atoms with Crippen molar-refractivity contribution in [1.29, 1.82) is 0 Å². The Bertz CT molecular complexity index is 1060. The van der Waals surface area contributed by atoms with Crippen molar-refractivity contribution >= 4 is 27.5 Å². The molecule has 7 heteroatoms. The van der Waals surface area contributed by atoms with E-state index < -0.39 is 0 Å². The fourth-order valence-electron chi connectivity index (χ4n) is 3.31. The van der Waals surface area contributed by atoms with Crippen LogP contribution in [0.3, 0.4) is 0 Å². The number of methoxy groups -OCH3 is 2. The normalized spacial score (nSPS) is 15.9. The fourth-order valence-corrected chi connectivity index (χ4v) is 3.61. The number of rotatable bonds is 5. The summed E-state index contributed by atoms with van der Waals surface area (Å²) in [5.41, 5.74) is 2.70. The Morgan fingerprint density at radius 1 is 1.07 bits per heavy atom. The number of carbonyl (C=O) groups is 1. The molecule has 1 unspecified atom stereocenters. The minimum absolute atomic E-state index is 0.226. The van der Waals surface area contributed by atoms with Gasteiger partial charge in [-0.3, -0.25) is 4.79 Å². The lowest BCUT2D eigenvalue weighted by molar-refractivity contribution is 0.0677. The number of hydrazone groups is 1. The van der Waals surface area contributed by atoms with Crippen LogP contribution in [0.5, 0.6) is 11.5 Å². The molecule has 1 aromatic heterocycles. The van der Waals surface area contributed by atoms with Crippen molar-refractivity contribution in [3.8, 4) is 11.5 Å². The zero-order valence-electron chi connectivity index (χ0n) is 16.0. The number of hydrogen-bond acceptors (Lipinski definition) is 5. The number of furan rings is 1. The van der Waals surface area contributed by atoms with Gasteiger partial charge in [0.2, 0.25) is 0 Å². The number of ether oxygens (including phenoxy) is 2. The van der Waals surface area contributed by atoms with Gasteiger partial charge >= 0.3 is 5.91 Å². The second-order valence-electron chi connectivity index (χ2n) is 6.53. The van der Waals surface area contributed by atoms with Crippen LogP contribution in [-0.2, 0) is 0 Å². The minimum Gasteiger partial charge on any atom is -0.497 e. The number of amides is 1. The zero-order valence-corrected chi connectivity index (χ0v) is 17.5. The fraction of sp³-hybridized carbons (Fsp3) is 0.182. The van der Waals surface area contributed by atoms with E-state index in [9.17, 15) is 4.79 Å². The first kappa shape index (κ1) is 19.3. The maximum Gasteiger partial charge on any atom is 0.310 e. The third-order valence-corrected chi connectivity index (χ3v) is 5.23. The molecular weight excluding hydrogens is 436 g/mol. The summed E-state index contributed by atoms with van der Waals surface area (Å²) in [6.45, 7) is 0. The van der Waals surface area contributed by atoms with Crippen LogP contribution in [0.15, 0.2) is 74.9 Å². The molecule has 0 radical (unpaired) electrons. The van der Waals surface area contributed by atoms with E-state index >= 15 is 0 Å². The van der Waals surface area contributed by atoms with Crippen molar-refractivity contribution in [3.63, 3.8) is 0 Å². The van der Waals surface area contributed by atoms with Crippen LogP contribution >= 0.6 is 15.9 Å². The molecule has 6 nitrogen and oxygen atoms in total. The van der Waals surface area contributed by atoms with E-state index in [0.29, 0.717) is 11.1 Å². The first-order chi connectivity index (χ1) is 14.1. The summed E-state index contributed by atoms with van der Waals surface area (Å²) in [6, 6.07) is 18.4. The molecule has 0 saturated carbocycles. The average Bonchev–Trinajstić information content (AvgIpc) is 3.40. The molecule has 0 aliphatic carbocycles. The molecule has 4 rings (SSSR count). The number of halogens is 1. The monoisotopic (exact) mass is 454 g/mol. The Morgan fingerprint density at radius 2 is 1.83 bits per heavy atom. The maximum atomic E-state index is 13.1. The van der Waals surface area contributed by atoms with Crippen LogP contribution in [-0.4, -0.2) is 30.8 Å². The van der Waals surface area contributed by atoms with E-state index in [0.717, 1.165) is 28.3 Å². The van der Waals surface area contributed by atoms with Gasteiger partial charge in [-0.15, -0.1) is 0 Å². The molecule has 29 heavy (non-hydrogen) atoms. The Morgan fingerprint density at radius 3 is 2.48 bits per heavy atom. The highest BCUT2D eigenvalue weighted by Crippen LogP contribution is 2.35. The van der Waals surface area contributed by atoms with Crippen molar-refractivity contribution in [3.05, 3.63) is 82.2 Å². The van der Waals surface area contributed by atoms with Gasteiger partial charge in [0.15, 0.2) is 10.4 Å². The Kier molecular flexibility index (Phi) is 5.40. The van der Waals surface area contributed by atoms with Gasteiger partial charge < -0.3 is 13.9 Å². The first-order valence-electron chi connectivity index (χ1n) is 9.04. The third kappa shape index (κ3) is 3.91. The zero-order chi connectivity index (χ0) is 20.4. The average molecular weight is 455 g/mol. The third-order valence-electron chi connectivity index (χ3n) is 4.80. The molecule has 0 saturated heterocycles. The molecule has 0 fully saturated rings. The van der Waals surface area contributed by atoms with Gasteiger partial charge in [0, 0.05) is 6.42 Å². The highest BCUT2D eigenvalue weighted by atomic mass is 79.9. The molecular formula is C22H19BrN2O4. The van der Waals surface area contributed by atoms with E-state index in [1.54, 1.807) is 26.4 Å². The standard InChI is InChI=1S/C22H19BrN2O4/c1-27-16-8-6-14(7-9-16)18-13-19(15-4-3-5-17(12-15)28-2)25(24-18)22(26)20-10-11-21(23)29-20/h3-12,19H,13H2,1-2H3. The molecule has 2 aromatic carbocycles. The second kappa shape index (κ2) is 8.13. The highest BCUT2D eigenvalue weighted by Gasteiger charge is 2.35. The van der Waals surface area contributed by atoms with E-state index in [1.807, 2.05) is 48.5 Å². The van der Waals surface area contributed by atoms with Crippen LogP contribution < -0.4 is 9.47 Å². The largest absolute Gasteiger partial charge is 0.497 e. The Balaban J connectivity index is 1.71. The minimum atomic E-state index is -0.299. The molecule has 148 valence electrons. The molecule has 2 heterocycles. The van der Waals surface area contributed by atoms with E-state index in [4.69, 9.17) is 13.9 Å². The van der Waals surface area contributed by atoms with Crippen molar-refractivity contribution in [1.82, 2.24) is 5.01 Å². The topological polar surface area (TPSA) is 64.3 Å². The first-order valence-corrected chi connectivity index (χ1v) is 9.83. The van der Waals surface area contributed by atoms with Crippen LogP contribution in [0.25, 0.3) is 0 Å². The van der Waals surface area contributed by atoms with Gasteiger partial charge in [0.1, 0.15) is 11.5 Å². The molecule has 1 aliphatic rings. The Labute approximate surface area is 176 Å². The van der Waals surface area contributed by atoms with Crippen LogP contribution in [0.2, 0.25) is 0 Å². The van der Waals surface area contributed by atoms with Crippen molar-refractivity contribution in [2.45, 2.75) is 12.5 Å².